The van der Waals surface area contributed by atoms with E-state index in [-0.39, 0.29) is 6.61 Å². The molecule has 0 aliphatic heterocycles. The largest absolute Gasteiger partial charge is 0.395 e. The molecule has 0 aliphatic carbocycles. The van der Waals surface area contributed by atoms with Gasteiger partial charge in [-0.3, -0.25) is 0 Å². The molecule has 84 valence electrons. The zero-order valence-corrected chi connectivity index (χ0v) is 9.21. The van der Waals surface area contributed by atoms with Crippen LogP contribution in [0.15, 0.2) is 18.2 Å². The molecule has 0 fully saturated rings. The molecule has 5 heteroatoms. The third kappa shape index (κ3) is 3.81. The van der Waals surface area contributed by atoms with E-state index in [1.165, 1.54) is 0 Å². The smallest absolute Gasteiger partial charge is 0.316 e. The Morgan fingerprint density at radius 3 is 2.94 bits per heavy atom. The molecule has 0 aliphatic rings. The maximum absolute atomic E-state index is 10.7. The molecule has 0 unspecified atom stereocenters. The van der Waals surface area contributed by atoms with Crippen molar-refractivity contribution in [1.82, 2.24) is 0 Å². The van der Waals surface area contributed by atoms with Crippen molar-refractivity contribution in [3.8, 4) is 11.8 Å². The molecule has 16 heavy (non-hydrogen) atoms. The van der Waals surface area contributed by atoms with Crippen molar-refractivity contribution in [3.05, 3.63) is 28.8 Å². The molecular formula is C11H11ClN2O2. The number of carbonyl (C=O) groups is 1. The first-order valence-corrected chi connectivity index (χ1v) is 4.97. The normalized spacial score (nSPS) is 9.12. The number of urea groups is 1. The van der Waals surface area contributed by atoms with Gasteiger partial charge >= 0.3 is 6.03 Å². The standard InChI is InChI=1S/C11H11ClN2O2/c12-9-5-4-8(3-1-2-6-15)7-10(9)14-11(13)16/h4-5,7,15H,2,6H2,(H3,13,14,16). The average Bonchev–Trinajstić information content (AvgIpc) is 2.22. The van der Waals surface area contributed by atoms with E-state index in [2.05, 4.69) is 17.2 Å². The molecule has 0 bridgehead atoms. The molecule has 1 rings (SSSR count). The maximum atomic E-state index is 10.7. The fourth-order valence-corrected chi connectivity index (χ4v) is 1.22. The van der Waals surface area contributed by atoms with E-state index in [9.17, 15) is 4.79 Å². The number of amides is 2. The van der Waals surface area contributed by atoms with Crippen LogP contribution in [0.3, 0.4) is 0 Å². The van der Waals surface area contributed by atoms with Crippen molar-refractivity contribution in [2.45, 2.75) is 6.42 Å². The Balaban J connectivity index is 2.90. The van der Waals surface area contributed by atoms with Gasteiger partial charge in [-0.1, -0.05) is 23.4 Å². The van der Waals surface area contributed by atoms with Crippen molar-refractivity contribution in [1.29, 1.82) is 0 Å². The summed E-state index contributed by atoms with van der Waals surface area (Å²) in [4.78, 5) is 10.7. The predicted octanol–water partition coefficient (Wildman–Crippen LogP) is 1.56. The highest BCUT2D eigenvalue weighted by Gasteiger charge is 2.02. The molecule has 1 aromatic carbocycles. The van der Waals surface area contributed by atoms with Gasteiger partial charge in [0.1, 0.15) is 0 Å². The van der Waals surface area contributed by atoms with Crippen molar-refractivity contribution in [2.75, 3.05) is 11.9 Å². The van der Waals surface area contributed by atoms with Crippen LogP contribution in [-0.2, 0) is 0 Å². The zero-order valence-electron chi connectivity index (χ0n) is 8.46. The Labute approximate surface area is 98.4 Å². The highest BCUT2D eigenvalue weighted by Crippen LogP contribution is 2.22. The van der Waals surface area contributed by atoms with Crippen LogP contribution in [0.5, 0.6) is 0 Å². The molecule has 0 saturated carbocycles. The molecule has 4 nitrogen and oxygen atoms in total. The minimum absolute atomic E-state index is 0.0208. The molecule has 2 amide bonds. The number of aliphatic hydroxyl groups is 1. The summed E-state index contributed by atoms with van der Waals surface area (Å²) < 4.78 is 0. The second-order valence-electron chi connectivity index (χ2n) is 2.96. The van der Waals surface area contributed by atoms with E-state index >= 15 is 0 Å². The fourth-order valence-electron chi connectivity index (χ4n) is 1.05. The van der Waals surface area contributed by atoms with Crippen LogP contribution in [0, 0.1) is 11.8 Å². The summed E-state index contributed by atoms with van der Waals surface area (Å²) in [6, 6.07) is 4.29. The Hall–Kier alpha value is -1.70. The molecule has 4 N–H and O–H groups in total. The quantitative estimate of drug-likeness (QED) is 0.684. The Kier molecular flexibility index (Phi) is 4.65. The molecule has 0 atom stereocenters. The van der Waals surface area contributed by atoms with Gasteiger partial charge in [-0.15, -0.1) is 0 Å². The van der Waals surface area contributed by atoms with Crippen molar-refractivity contribution < 1.29 is 9.90 Å². The van der Waals surface area contributed by atoms with Crippen molar-refractivity contribution >= 4 is 23.3 Å². The predicted molar refractivity (Wildman–Crippen MR) is 63.2 cm³/mol. The van der Waals surface area contributed by atoms with Gasteiger partial charge in [-0.25, -0.2) is 4.79 Å². The topological polar surface area (TPSA) is 75.4 Å². The van der Waals surface area contributed by atoms with Crippen LogP contribution in [-0.4, -0.2) is 17.7 Å². The minimum atomic E-state index is -0.678. The monoisotopic (exact) mass is 238 g/mol. The maximum Gasteiger partial charge on any atom is 0.316 e. The number of primary amides is 1. The lowest BCUT2D eigenvalue weighted by Gasteiger charge is -2.04. The Bertz CT molecular complexity index is 449. The highest BCUT2D eigenvalue weighted by molar-refractivity contribution is 6.33. The van der Waals surface area contributed by atoms with Crippen molar-refractivity contribution in [3.63, 3.8) is 0 Å². The summed E-state index contributed by atoms with van der Waals surface area (Å²) in [5, 5.41) is 11.4. The zero-order chi connectivity index (χ0) is 12.0. The molecule has 1 aromatic rings. The molecule has 0 saturated heterocycles. The first-order valence-electron chi connectivity index (χ1n) is 4.59. The number of hydrogen-bond acceptors (Lipinski definition) is 2. The lowest BCUT2D eigenvalue weighted by atomic mass is 10.2. The van der Waals surface area contributed by atoms with Crippen LogP contribution in [0.4, 0.5) is 10.5 Å². The van der Waals surface area contributed by atoms with Gasteiger partial charge in [0.25, 0.3) is 0 Å². The first-order chi connectivity index (χ1) is 7.63. The molecule has 0 heterocycles. The number of nitrogens with one attached hydrogen (secondary N) is 1. The average molecular weight is 239 g/mol. The van der Waals surface area contributed by atoms with Gasteiger partial charge in [0.2, 0.25) is 0 Å². The van der Waals surface area contributed by atoms with Gasteiger partial charge in [0.15, 0.2) is 0 Å². The van der Waals surface area contributed by atoms with E-state index < -0.39 is 6.03 Å². The summed E-state index contributed by atoms with van der Waals surface area (Å²) in [6.07, 6.45) is 0.404. The number of nitrogens with two attached hydrogens (primary N) is 1. The summed E-state index contributed by atoms with van der Waals surface area (Å²) in [7, 11) is 0. The van der Waals surface area contributed by atoms with Crippen LogP contribution in [0.1, 0.15) is 12.0 Å². The number of anilines is 1. The highest BCUT2D eigenvalue weighted by atomic mass is 35.5. The summed E-state index contributed by atoms with van der Waals surface area (Å²) in [5.41, 5.74) is 6.10. The number of carbonyl (C=O) groups excluding carboxylic acids is 1. The van der Waals surface area contributed by atoms with E-state index in [0.29, 0.717) is 22.7 Å². The van der Waals surface area contributed by atoms with E-state index in [0.717, 1.165) is 0 Å². The second kappa shape index (κ2) is 6.01. The Morgan fingerprint density at radius 1 is 1.56 bits per heavy atom. The molecule has 0 aromatic heterocycles. The van der Waals surface area contributed by atoms with Crippen LogP contribution < -0.4 is 11.1 Å². The van der Waals surface area contributed by atoms with Gasteiger partial charge in [-0.2, -0.15) is 0 Å². The number of halogens is 1. The number of benzene rings is 1. The van der Waals surface area contributed by atoms with Crippen molar-refractivity contribution in [2.24, 2.45) is 5.73 Å². The summed E-state index contributed by atoms with van der Waals surface area (Å²) in [6.45, 7) is 0.0208. The first kappa shape index (κ1) is 12.4. The second-order valence-corrected chi connectivity index (χ2v) is 3.37. The summed E-state index contributed by atoms with van der Waals surface area (Å²) in [5.74, 6) is 5.59. The van der Waals surface area contributed by atoms with E-state index in [1.807, 2.05) is 0 Å². The number of aliphatic hydroxyl groups excluding tert-OH is 1. The van der Waals surface area contributed by atoms with Gasteiger partial charge in [0.05, 0.1) is 17.3 Å². The lowest BCUT2D eigenvalue weighted by molar-refractivity contribution is 0.259. The minimum Gasteiger partial charge on any atom is -0.395 e. The molecule has 0 radical (unpaired) electrons. The SMILES string of the molecule is NC(=O)Nc1cc(C#CCCO)ccc1Cl. The summed E-state index contributed by atoms with van der Waals surface area (Å²) >= 11 is 5.84. The number of hydrogen-bond donors (Lipinski definition) is 3. The third-order valence-electron chi connectivity index (χ3n) is 1.69. The molecule has 0 spiro atoms. The van der Waals surface area contributed by atoms with E-state index in [1.54, 1.807) is 18.2 Å². The van der Waals surface area contributed by atoms with Gasteiger partial charge in [-0.05, 0) is 18.2 Å². The van der Waals surface area contributed by atoms with Crippen LogP contribution >= 0.6 is 11.6 Å². The van der Waals surface area contributed by atoms with Crippen LogP contribution in [0.25, 0.3) is 0 Å². The molecular weight excluding hydrogens is 228 g/mol. The van der Waals surface area contributed by atoms with E-state index in [4.69, 9.17) is 22.4 Å². The number of rotatable bonds is 2. The Morgan fingerprint density at radius 2 is 2.31 bits per heavy atom. The lowest BCUT2D eigenvalue weighted by Crippen LogP contribution is -2.19. The van der Waals surface area contributed by atoms with Gasteiger partial charge in [0, 0.05) is 12.0 Å². The fraction of sp³-hybridized carbons (Fsp3) is 0.182. The van der Waals surface area contributed by atoms with Crippen LogP contribution in [0.2, 0.25) is 5.02 Å². The van der Waals surface area contributed by atoms with Gasteiger partial charge < -0.3 is 16.2 Å². The third-order valence-corrected chi connectivity index (χ3v) is 2.02.